The second kappa shape index (κ2) is 6.68. The second-order valence-corrected chi connectivity index (χ2v) is 5.19. The summed E-state index contributed by atoms with van der Waals surface area (Å²) >= 11 is 1.71. The molecule has 5 heteroatoms. The van der Waals surface area contributed by atoms with Crippen molar-refractivity contribution in [3.05, 3.63) is 29.3 Å². The molecule has 0 aliphatic carbocycles. The number of thiophene rings is 1. The zero-order valence-electron chi connectivity index (χ0n) is 10.5. The minimum atomic E-state index is 0.231. The molecule has 1 atom stereocenters. The van der Waals surface area contributed by atoms with Gasteiger partial charge in [0, 0.05) is 24.8 Å². The summed E-state index contributed by atoms with van der Waals surface area (Å²) in [5, 5.41) is 21.7. The Hall–Kier alpha value is -1.17. The number of nitrogens with zero attached hydrogens (tertiary/aromatic N) is 1. The minimum Gasteiger partial charge on any atom is -0.396 e. The highest BCUT2D eigenvalue weighted by molar-refractivity contribution is 7.13. The van der Waals surface area contributed by atoms with Crippen molar-refractivity contribution in [3.8, 4) is 10.6 Å². The maximum atomic E-state index is 8.97. The molecule has 1 unspecified atom stereocenters. The fourth-order valence-corrected chi connectivity index (χ4v) is 2.70. The maximum absolute atomic E-state index is 8.97. The molecule has 0 amide bonds. The molecule has 0 aromatic carbocycles. The van der Waals surface area contributed by atoms with Crippen molar-refractivity contribution in [2.24, 2.45) is 0 Å². The molecule has 3 N–H and O–H groups in total. The van der Waals surface area contributed by atoms with Gasteiger partial charge in [0.05, 0.1) is 16.8 Å². The van der Waals surface area contributed by atoms with Crippen LogP contribution in [0, 0.1) is 0 Å². The van der Waals surface area contributed by atoms with E-state index in [1.54, 1.807) is 11.3 Å². The van der Waals surface area contributed by atoms with Gasteiger partial charge in [-0.2, -0.15) is 5.10 Å². The van der Waals surface area contributed by atoms with Crippen LogP contribution in [0.2, 0.25) is 0 Å². The molecule has 2 aromatic heterocycles. The monoisotopic (exact) mass is 265 g/mol. The van der Waals surface area contributed by atoms with Crippen molar-refractivity contribution >= 4 is 11.3 Å². The molecule has 18 heavy (non-hydrogen) atoms. The standard InChI is InChI=1S/C13H19N3OS/c1-2-11(5-6-17)14-8-10-9-15-16-13(10)12-4-3-7-18-12/h3-4,7,9,11,14,17H,2,5-6,8H2,1H3,(H,15,16). The van der Waals surface area contributed by atoms with E-state index in [4.69, 9.17) is 5.11 Å². The number of aliphatic hydroxyl groups is 1. The van der Waals surface area contributed by atoms with Crippen LogP contribution in [0.5, 0.6) is 0 Å². The number of hydrogen-bond donors (Lipinski definition) is 3. The molecule has 0 bridgehead atoms. The zero-order chi connectivity index (χ0) is 12.8. The first kappa shape index (κ1) is 13.3. The lowest BCUT2D eigenvalue weighted by atomic mass is 10.1. The van der Waals surface area contributed by atoms with Gasteiger partial charge < -0.3 is 10.4 Å². The summed E-state index contributed by atoms with van der Waals surface area (Å²) in [6.07, 6.45) is 3.68. The lowest BCUT2D eigenvalue weighted by molar-refractivity contribution is 0.262. The third-order valence-electron chi connectivity index (χ3n) is 3.04. The van der Waals surface area contributed by atoms with Crippen LogP contribution < -0.4 is 5.32 Å². The first-order chi connectivity index (χ1) is 8.85. The summed E-state index contributed by atoms with van der Waals surface area (Å²) in [5.74, 6) is 0. The Morgan fingerprint density at radius 1 is 1.56 bits per heavy atom. The van der Waals surface area contributed by atoms with Gasteiger partial charge >= 0.3 is 0 Å². The van der Waals surface area contributed by atoms with Gasteiger partial charge in [-0.15, -0.1) is 11.3 Å². The number of nitrogens with one attached hydrogen (secondary N) is 2. The highest BCUT2D eigenvalue weighted by Crippen LogP contribution is 2.25. The Bertz CT molecular complexity index is 453. The molecule has 98 valence electrons. The van der Waals surface area contributed by atoms with Gasteiger partial charge in [0.25, 0.3) is 0 Å². The minimum absolute atomic E-state index is 0.231. The van der Waals surface area contributed by atoms with Gasteiger partial charge in [-0.1, -0.05) is 13.0 Å². The molecular formula is C13H19N3OS. The van der Waals surface area contributed by atoms with E-state index in [1.165, 1.54) is 10.4 Å². The van der Waals surface area contributed by atoms with Crippen molar-refractivity contribution < 1.29 is 5.11 Å². The van der Waals surface area contributed by atoms with Gasteiger partial charge in [-0.3, -0.25) is 5.10 Å². The Morgan fingerprint density at radius 2 is 2.44 bits per heavy atom. The summed E-state index contributed by atoms with van der Waals surface area (Å²) < 4.78 is 0. The van der Waals surface area contributed by atoms with Gasteiger partial charge in [0.1, 0.15) is 0 Å². The van der Waals surface area contributed by atoms with Crippen LogP contribution in [-0.4, -0.2) is 28.0 Å². The van der Waals surface area contributed by atoms with Gasteiger partial charge in [-0.05, 0) is 24.3 Å². The lowest BCUT2D eigenvalue weighted by Gasteiger charge is -2.15. The van der Waals surface area contributed by atoms with E-state index in [1.807, 2.05) is 12.3 Å². The molecule has 2 heterocycles. The topological polar surface area (TPSA) is 60.9 Å². The molecule has 0 radical (unpaired) electrons. The molecular weight excluding hydrogens is 246 g/mol. The van der Waals surface area contributed by atoms with Crippen LogP contribution in [0.15, 0.2) is 23.7 Å². The summed E-state index contributed by atoms with van der Waals surface area (Å²) in [6, 6.07) is 4.49. The number of rotatable bonds is 7. The van der Waals surface area contributed by atoms with Crippen LogP contribution in [0.1, 0.15) is 25.3 Å². The predicted molar refractivity (Wildman–Crippen MR) is 74.5 cm³/mol. The third kappa shape index (κ3) is 3.19. The normalized spacial score (nSPS) is 12.8. The smallest absolute Gasteiger partial charge is 0.0794 e. The molecule has 0 aliphatic heterocycles. The number of H-pyrrole nitrogens is 1. The molecule has 2 rings (SSSR count). The van der Waals surface area contributed by atoms with E-state index < -0.39 is 0 Å². The summed E-state index contributed by atoms with van der Waals surface area (Å²) in [4.78, 5) is 1.21. The summed E-state index contributed by atoms with van der Waals surface area (Å²) in [6.45, 7) is 3.14. The Morgan fingerprint density at radius 3 is 3.11 bits per heavy atom. The van der Waals surface area contributed by atoms with Crippen LogP contribution in [-0.2, 0) is 6.54 Å². The Labute approximate surface area is 111 Å². The maximum Gasteiger partial charge on any atom is 0.0794 e. The molecule has 0 fully saturated rings. The summed E-state index contributed by atoms with van der Waals surface area (Å²) in [7, 11) is 0. The number of aromatic nitrogens is 2. The van der Waals surface area contributed by atoms with Gasteiger partial charge in [0.15, 0.2) is 0 Å². The van der Waals surface area contributed by atoms with E-state index >= 15 is 0 Å². The Balaban J connectivity index is 2.00. The Kier molecular flexibility index (Phi) is 4.92. The van der Waals surface area contributed by atoms with Crippen molar-refractivity contribution in [2.45, 2.75) is 32.4 Å². The fourth-order valence-electron chi connectivity index (χ4n) is 1.94. The predicted octanol–water partition coefficient (Wildman–Crippen LogP) is 2.39. The molecule has 0 saturated carbocycles. The SMILES string of the molecule is CCC(CCO)NCc1cn[nH]c1-c1cccs1. The molecule has 4 nitrogen and oxygen atoms in total. The van der Waals surface area contributed by atoms with Crippen molar-refractivity contribution in [1.29, 1.82) is 0 Å². The highest BCUT2D eigenvalue weighted by atomic mass is 32.1. The van der Waals surface area contributed by atoms with E-state index in [2.05, 4.69) is 33.9 Å². The zero-order valence-corrected chi connectivity index (χ0v) is 11.3. The van der Waals surface area contributed by atoms with Crippen molar-refractivity contribution in [2.75, 3.05) is 6.61 Å². The largest absolute Gasteiger partial charge is 0.396 e. The van der Waals surface area contributed by atoms with Crippen LogP contribution in [0.3, 0.4) is 0 Å². The fraction of sp³-hybridized carbons (Fsp3) is 0.462. The first-order valence-corrected chi connectivity index (χ1v) is 7.13. The van der Waals surface area contributed by atoms with E-state index in [9.17, 15) is 0 Å². The van der Waals surface area contributed by atoms with Crippen molar-refractivity contribution in [3.63, 3.8) is 0 Å². The average molecular weight is 265 g/mol. The number of hydrogen-bond acceptors (Lipinski definition) is 4. The highest BCUT2D eigenvalue weighted by Gasteiger charge is 2.10. The van der Waals surface area contributed by atoms with Gasteiger partial charge in [0.2, 0.25) is 0 Å². The third-order valence-corrected chi connectivity index (χ3v) is 3.92. The molecule has 0 aliphatic rings. The van der Waals surface area contributed by atoms with Crippen LogP contribution in [0.25, 0.3) is 10.6 Å². The first-order valence-electron chi connectivity index (χ1n) is 6.25. The quantitative estimate of drug-likeness (QED) is 0.720. The summed E-state index contributed by atoms with van der Waals surface area (Å²) in [5.41, 5.74) is 2.27. The molecule has 0 saturated heterocycles. The number of aliphatic hydroxyl groups excluding tert-OH is 1. The average Bonchev–Trinajstić information content (AvgIpc) is 3.04. The van der Waals surface area contributed by atoms with E-state index in [-0.39, 0.29) is 6.61 Å². The van der Waals surface area contributed by atoms with Crippen LogP contribution in [0.4, 0.5) is 0 Å². The van der Waals surface area contributed by atoms with Gasteiger partial charge in [-0.25, -0.2) is 0 Å². The van der Waals surface area contributed by atoms with E-state index in [0.29, 0.717) is 6.04 Å². The van der Waals surface area contributed by atoms with Crippen LogP contribution >= 0.6 is 11.3 Å². The molecule has 2 aromatic rings. The molecule has 0 spiro atoms. The lowest BCUT2D eigenvalue weighted by Crippen LogP contribution is -2.28. The van der Waals surface area contributed by atoms with E-state index in [0.717, 1.165) is 25.1 Å². The number of aromatic amines is 1. The van der Waals surface area contributed by atoms with Crippen molar-refractivity contribution in [1.82, 2.24) is 15.5 Å². The second-order valence-electron chi connectivity index (χ2n) is 4.25.